The minimum Gasteiger partial charge on any atom is -0.373 e. The lowest BCUT2D eigenvalue weighted by Crippen LogP contribution is -2.47. The molecule has 0 radical (unpaired) electrons. The van der Waals surface area contributed by atoms with Gasteiger partial charge in [0, 0.05) is 25.7 Å². The van der Waals surface area contributed by atoms with Crippen molar-refractivity contribution < 1.29 is 8.42 Å². The van der Waals surface area contributed by atoms with E-state index < -0.39 is 9.84 Å². The Kier molecular flexibility index (Phi) is 4.19. The molecule has 0 aromatic carbocycles. The van der Waals surface area contributed by atoms with Crippen LogP contribution in [-0.4, -0.2) is 55.8 Å². The largest absolute Gasteiger partial charge is 0.373 e. The summed E-state index contributed by atoms with van der Waals surface area (Å²) in [6.45, 7) is 2.40. The average molecular weight is 302 g/mol. The zero-order chi connectivity index (χ0) is 14.0. The lowest BCUT2D eigenvalue weighted by atomic mass is 10.3. The van der Waals surface area contributed by atoms with Gasteiger partial charge >= 0.3 is 0 Å². The van der Waals surface area contributed by atoms with E-state index in [4.69, 9.17) is 0 Å². The molecule has 0 saturated carbocycles. The van der Waals surface area contributed by atoms with Crippen LogP contribution in [0.2, 0.25) is 0 Å². The van der Waals surface area contributed by atoms with Crippen LogP contribution in [0.1, 0.15) is 6.92 Å². The maximum atomic E-state index is 11.6. The van der Waals surface area contributed by atoms with Gasteiger partial charge < -0.3 is 10.2 Å². The number of nitrogens with one attached hydrogen (secondary N) is 1. The van der Waals surface area contributed by atoms with Crippen LogP contribution in [0.4, 0.5) is 11.6 Å². The van der Waals surface area contributed by atoms with Crippen LogP contribution in [-0.2, 0) is 9.84 Å². The first-order valence-electron chi connectivity index (χ1n) is 6.03. The number of thioether (sulfide) groups is 1. The molecule has 1 aromatic heterocycles. The Bertz CT molecular complexity index is 540. The van der Waals surface area contributed by atoms with Crippen LogP contribution in [0.3, 0.4) is 0 Å². The molecule has 0 spiro atoms. The van der Waals surface area contributed by atoms with Crippen molar-refractivity contribution in [1.29, 1.82) is 0 Å². The van der Waals surface area contributed by atoms with Crippen molar-refractivity contribution >= 4 is 33.2 Å². The molecule has 1 saturated heterocycles. The molecule has 1 N–H and O–H groups in total. The number of nitrogens with zero attached hydrogens (tertiary/aromatic N) is 3. The summed E-state index contributed by atoms with van der Waals surface area (Å²) in [6, 6.07) is 1.79. The first kappa shape index (κ1) is 14.4. The number of aromatic nitrogens is 2. The molecule has 0 bridgehead atoms. The second-order valence-electron chi connectivity index (χ2n) is 4.50. The van der Waals surface area contributed by atoms with Gasteiger partial charge in [0.2, 0.25) is 0 Å². The Labute approximate surface area is 117 Å². The lowest BCUT2D eigenvalue weighted by Gasteiger charge is -2.34. The van der Waals surface area contributed by atoms with Crippen LogP contribution in [0.25, 0.3) is 0 Å². The predicted octanol–water partition coefficient (Wildman–Crippen LogP) is 0.863. The Morgan fingerprint density at radius 2 is 2.21 bits per heavy atom. The second-order valence-corrected chi connectivity index (χ2v) is 7.51. The standard InChI is InChI=1S/C11H18N4O2S2/c1-8-7-19(16,17)5-4-15(8)10-6-9(12-2)13-11(14-10)18-3/h6,8H,4-5,7H2,1-3H3,(H,12,13,14). The maximum Gasteiger partial charge on any atom is 0.191 e. The first-order chi connectivity index (χ1) is 8.95. The van der Waals surface area contributed by atoms with Crippen molar-refractivity contribution in [1.82, 2.24) is 9.97 Å². The third kappa shape index (κ3) is 3.30. The Morgan fingerprint density at radius 1 is 1.47 bits per heavy atom. The maximum absolute atomic E-state index is 11.6. The fourth-order valence-electron chi connectivity index (χ4n) is 2.12. The molecule has 1 aliphatic heterocycles. The van der Waals surface area contributed by atoms with Gasteiger partial charge in [0.15, 0.2) is 15.0 Å². The number of anilines is 2. The highest BCUT2D eigenvalue weighted by Gasteiger charge is 2.29. The number of hydrogen-bond donors (Lipinski definition) is 1. The van der Waals surface area contributed by atoms with E-state index in [2.05, 4.69) is 15.3 Å². The normalized spacial score (nSPS) is 22.3. The predicted molar refractivity (Wildman–Crippen MR) is 78.8 cm³/mol. The van der Waals surface area contributed by atoms with Gasteiger partial charge in [-0.1, -0.05) is 11.8 Å². The molecule has 106 valence electrons. The van der Waals surface area contributed by atoms with Crippen molar-refractivity contribution in [2.45, 2.75) is 18.1 Å². The summed E-state index contributed by atoms with van der Waals surface area (Å²) >= 11 is 1.47. The van der Waals surface area contributed by atoms with E-state index in [9.17, 15) is 8.42 Å². The summed E-state index contributed by atoms with van der Waals surface area (Å²) in [4.78, 5) is 10.8. The smallest absolute Gasteiger partial charge is 0.191 e. The molecule has 2 rings (SSSR count). The first-order valence-corrected chi connectivity index (χ1v) is 9.07. The fourth-order valence-corrected chi connectivity index (χ4v) is 4.05. The van der Waals surface area contributed by atoms with Crippen molar-refractivity contribution in [3.8, 4) is 0 Å². The summed E-state index contributed by atoms with van der Waals surface area (Å²) in [7, 11) is -1.10. The van der Waals surface area contributed by atoms with Gasteiger partial charge in [-0.2, -0.15) is 0 Å². The Hall–Kier alpha value is -1.02. The molecule has 0 aliphatic carbocycles. The molecular formula is C11H18N4O2S2. The van der Waals surface area contributed by atoms with E-state index in [0.717, 1.165) is 11.6 Å². The monoisotopic (exact) mass is 302 g/mol. The molecule has 2 heterocycles. The molecule has 1 fully saturated rings. The lowest BCUT2D eigenvalue weighted by molar-refractivity contribution is 0.566. The summed E-state index contributed by atoms with van der Waals surface area (Å²) in [5.41, 5.74) is 0. The Morgan fingerprint density at radius 3 is 2.79 bits per heavy atom. The highest BCUT2D eigenvalue weighted by Crippen LogP contribution is 2.24. The van der Waals surface area contributed by atoms with Crippen LogP contribution in [0, 0.1) is 0 Å². The number of sulfone groups is 1. The average Bonchev–Trinajstić information content (AvgIpc) is 2.37. The summed E-state index contributed by atoms with van der Waals surface area (Å²) in [6.07, 6.45) is 1.92. The van der Waals surface area contributed by atoms with Crippen LogP contribution in [0.15, 0.2) is 11.2 Å². The molecule has 1 aromatic rings. The van der Waals surface area contributed by atoms with Crippen molar-refractivity contribution in [3.05, 3.63) is 6.07 Å². The minimum absolute atomic E-state index is 0.0620. The van der Waals surface area contributed by atoms with E-state index in [1.807, 2.05) is 24.1 Å². The van der Waals surface area contributed by atoms with E-state index >= 15 is 0 Å². The van der Waals surface area contributed by atoms with E-state index in [-0.39, 0.29) is 17.5 Å². The SMILES string of the molecule is CNc1cc(N2CCS(=O)(=O)CC2C)nc(SC)n1. The zero-order valence-electron chi connectivity index (χ0n) is 11.3. The van der Waals surface area contributed by atoms with Gasteiger partial charge in [0.1, 0.15) is 11.6 Å². The minimum atomic E-state index is -2.91. The third-order valence-corrected chi connectivity index (χ3v) is 5.44. The summed E-state index contributed by atoms with van der Waals surface area (Å²) < 4.78 is 23.2. The highest BCUT2D eigenvalue weighted by atomic mass is 32.2. The van der Waals surface area contributed by atoms with Crippen LogP contribution >= 0.6 is 11.8 Å². The van der Waals surface area contributed by atoms with E-state index in [1.165, 1.54) is 11.8 Å². The number of rotatable bonds is 3. The molecule has 1 aliphatic rings. The van der Waals surface area contributed by atoms with Gasteiger partial charge in [0.25, 0.3) is 0 Å². The summed E-state index contributed by atoms with van der Waals surface area (Å²) in [5.74, 6) is 1.90. The van der Waals surface area contributed by atoms with Crippen LogP contribution in [0.5, 0.6) is 0 Å². The molecular weight excluding hydrogens is 284 g/mol. The number of hydrogen-bond acceptors (Lipinski definition) is 7. The van der Waals surface area contributed by atoms with Gasteiger partial charge in [-0.3, -0.25) is 0 Å². The van der Waals surface area contributed by atoms with Gasteiger partial charge in [0.05, 0.1) is 11.5 Å². The van der Waals surface area contributed by atoms with Crippen molar-refractivity contribution in [2.75, 3.05) is 41.6 Å². The van der Waals surface area contributed by atoms with Crippen molar-refractivity contribution in [3.63, 3.8) is 0 Å². The molecule has 0 amide bonds. The second kappa shape index (κ2) is 5.54. The summed E-state index contributed by atoms with van der Waals surface area (Å²) in [5, 5.41) is 3.69. The van der Waals surface area contributed by atoms with Crippen LogP contribution < -0.4 is 10.2 Å². The fraction of sp³-hybridized carbons (Fsp3) is 0.636. The molecule has 19 heavy (non-hydrogen) atoms. The zero-order valence-corrected chi connectivity index (χ0v) is 12.9. The third-order valence-electron chi connectivity index (χ3n) is 3.10. The van der Waals surface area contributed by atoms with Crippen molar-refractivity contribution in [2.24, 2.45) is 0 Å². The molecule has 1 unspecified atom stereocenters. The van der Waals surface area contributed by atoms with Gasteiger partial charge in [-0.05, 0) is 13.2 Å². The molecule has 1 atom stereocenters. The molecule has 8 heteroatoms. The van der Waals surface area contributed by atoms with E-state index in [0.29, 0.717) is 11.7 Å². The quantitative estimate of drug-likeness (QED) is 0.655. The topological polar surface area (TPSA) is 75.2 Å². The molecule has 6 nitrogen and oxygen atoms in total. The highest BCUT2D eigenvalue weighted by molar-refractivity contribution is 7.98. The van der Waals surface area contributed by atoms with Gasteiger partial charge in [-0.25, -0.2) is 18.4 Å². The van der Waals surface area contributed by atoms with E-state index in [1.54, 1.807) is 7.05 Å². The Balaban J connectivity index is 2.31. The van der Waals surface area contributed by atoms with Gasteiger partial charge in [-0.15, -0.1) is 0 Å².